The molecule has 1 aliphatic heterocycles. The fourth-order valence-corrected chi connectivity index (χ4v) is 4.17. The number of halogens is 1. The largest absolute Gasteiger partial charge is 0.386 e. The van der Waals surface area contributed by atoms with Crippen LogP contribution in [0.1, 0.15) is 25.3 Å². The van der Waals surface area contributed by atoms with Gasteiger partial charge in [0.25, 0.3) is 5.91 Å². The van der Waals surface area contributed by atoms with Crippen molar-refractivity contribution in [3.63, 3.8) is 0 Å². The second kappa shape index (κ2) is 5.46. The molecule has 2 aliphatic rings. The molecule has 1 aromatic rings. The summed E-state index contributed by atoms with van der Waals surface area (Å²) in [6, 6.07) is 11.6. The maximum Gasteiger partial charge on any atom is 0.293 e. The number of hydrogen-bond donors (Lipinski definition) is 1. The van der Waals surface area contributed by atoms with E-state index in [0.717, 1.165) is 0 Å². The Balaban J connectivity index is 2.25. The van der Waals surface area contributed by atoms with Crippen molar-refractivity contribution in [3.05, 3.63) is 34.9 Å². The van der Waals surface area contributed by atoms with E-state index in [-0.39, 0.29) is 19.0 Å². The van der Waals surface area contributed by atoms with Crippen molar-refractivity contribution in [3.8, 4) is 12.1 Å². The smallest absolute Gasteiger partial charge is 0.293 e. The van der Waals surface area contributed by atoms with E-state index in [1.807, 2.05) is 6.07 Å². The Hall–Kier alpha value is -2.12. The first-order valence-electron chi connectivity index (χ1n) is 7.72. The lowest BCUT2D eigenvalue weighted by molar-refractivity contribution is -0.255. The van der Waals surface area contributed by atoms with E-state index >= 15 is 0 Å². The predicted octanol–water partition coefficient (Wildman–Crippen LogP) is 2.55. The number of rotatable bonds is 5. The molecule has 24 heavy (non-hydrogen) atoms. The van der Waals surface area contributed by atoms with Gasteiger partial charge in [-0.25, -0.2) is 4.99 Å². The van der Waals surface area contributed by atoms with Gasteiger partial charge in [0.1, 0.15) is 11.3 Å². The first-order chi connectivity index (χ1) is 11.5. The molecule has 6 nitrogen and oxygen atoms in total. The van der Waals surface area contributed by atoms with Crippen molar-refractivity contribution in [2.75, 3.05) is 13.2 Å². The summed E-state index contributed by atoms with van der Waals surface area (Å²) in [5, 5.41) is 20.4. The van der Waals surface area contributed by atoms with Gasteiger partial charge in [0.2, 0.25) is 0 Å². The number of nitriles is 2. The van der Waals surface area contributed by atoms with Crippen LogP contribution in [0.15, 0.2) is 29.3 Å². The molecule has 0 amide bonds. The lowest BCUT2D eigenvalue weighted by atomic mass is 9.93. The molecule has 1 fully saturated rings. The number of nitrogens with zero attached hydrogens (tertiary/aromatic N) is 3. The maximum absolute atomic E-state index is 10.1. The summed E-state index contributed by atoms with van der Waals surface area (Å²) in [7, 11) is 0. The zero-order valence-corrected chi connectivity index (χ0v) is 14.2. The molecule has 2 N–H and O–H groups in total. The first-order valence-corrected chi connectivity index (χ1v) is 8.09. The third kappa shape index (κ3) is 1.63. The van der Waals surface area contributed by atoms with Crippen LogP contribution >= 0.6 is 11.6 Å². The van der Waals surface area contributed by atoms with Crippen LogP contribution in [0.4, 0.5) is 0 Å². The van der Waals surface area contributed by atoms with Crippen molar-refractivity contribution in [1.82, 2.24) is 0 Å². The minimum atomic E-state index is -1.60. The Bertz CT molecular complexity index is 791. The van der Waals surface area contributed by atoms with Crippen LogP contribution in [-0.4, -0.2) is 25.0 Å². The third-order valence-electron chi connectivity index (χ3n) is 4.82. The van der Waals surface area contributed by atoms with Gasteiger partial charge in [-0.1, -0.05) is 29.8 Å². The van der Waals surface area contributed by atoms with Crippen molar-refractivity contribution >= 4 is 17.4 Å². The van der Waals surface area contributed by atoms with Crippen molar-refractivity contribution < 1.29 is 9.47 Å². The minimum absolute atomic E-state index is 0.0540. The van der Waals surface area contributed by atoms with Gasteiger partial charge in [-0.05, 0) is 25.5 Å². The number of fused-ring (bicyclic) bond motifs is 1. The summed E-state index contributed by atoms with van der Waals surface area (Å²) in [5.41, 5.74) is 4.11. The quantitative estimate of drug-likeness (QED) is 0.826. The number of aliphatic imine (C=N–C) groups is 1. The fraction of sp³-hybridized carbons (Fsp3) is 0.471. The average Bonchev–Trinajstić information content (AvgIpc) is 3.14. The molecular formula is C17H17ClN4O2. The highest BCUT2D eigenvalue weighted by Crippen LogP contribution is 2.82. The highest BCUT2D eigenvalue weighted by atomic mass is 35.5. The van der Waals surface area contributed by atoms with Gasteiger partial charge < -0.3 is 15.2 Å². The molecule has 1 aromatic carbocycles. The van der Waals surface area contributed by atoms with Gasteiger partial charge in [0.15, 0.2) is 5.41 Å². The monoisotopic (exact) mass is 344 g/mol. The highest BCUT2D eigenvalue weighted by molar-refractivity contribution is 6.31. The molecule has 0 bridgehead atoms. The molecular weight excluding hydrogens is 328 g/mol. The number of hydrogen-bond acceptors (Lipinski definition) is 6. The predicted molar refractivity (Wildman–Crippen MR) is 87.9 cm³/mol. The van der Waals surface area contributed by atoms with Crippen LogP contribution in [0.5, 0.6) is 0 Å². The van der Waals surface area contributed by atoms with Crippen LogP contribution in [0.3, 0.4) is 0 Å². The van der Waals surface area contributed by atoms with Gasteiger partial charge in [-0.2, -0.15) is 10.5 Å². The Kier molecular flexibility index (Phi) is 3.80. The molecule has 1 heterocycles. The molecule has 3 atom stereocenters. The molecule has 0 aromatic heterocycles. The summed E-state index contributed by atoms with van der Waals surface area (Å²) in [6.45, 7) is 4.07. The second-order valence-corrected chi connectivity index (χ2v) is 6.15. The van der Waals surface area contributed by atoms with Crippen molar-refractivity contribution in [2.45, 2.75) is 25.7 Å². The lowest BCUT2D eigenvalue weighted by Crippen LogP contribution is -2.43. The van der Waals surface area contributed by atoms with Gasteiger partial charge in [-0.15, -0.1) is 0 Å². The van der Waals surface area contributed by atoms with E-state index in [2.05, 4.69) is 17.1 Å². The van der Waals surface area contributed by atoms with Crippen LogP contribution in [0, 0.1) is 33.5 Å². The number of benzene rings is 1. The van der Waals surface area contributed by atoms with Crippen LogP contribution in [0.25, 0.3) is 0 Å². The Morgan fingerprint density at radius 3 is 2.33 bits per heavy atom. The zero-order valence-electron chi connectivity index (χ0n) is 13.4. The molecule has 0 radical (unpaired) electrons. The van der Waals surface area contributed by atoms with Crippen LogP contribution in [-0.2, 0) is 9.47 Å². The third-order valence-corrected chi connectivity index (χ3v) is 5.17. The van der Waals surface area contributed by atoms with E-state index in [1.54, 1.807) is 32.0 Å². The van der Waals surface area contributed by atoms with Gasteiger partial charge in [0, 0.05) is 24.2 Å². The first kappa shape index (κ1) is 16.7. The summed E-state index contributed by atoms with van der Waals surface area (Å²) >= 11 is 6.32. The van der Waals surface area contributed by atoms with Gasteiger partial charge >= 0.3 is 0 Å². The molecule has 0 spiro atoms. The molecule has 124 valence electrons. The molecule has 0 saturated heterocycles. The molecule has 1 aliphatic carbocycles. The Morgan fingerprint density at radius 2 is 1.83 bits per heavy atom. The number of amidine groups is 1. The lowest BCUT2D eigenvalue weighted by Gasteiger charge is -2.31. The van der Waals surface area contributed by atoms with E-state index in [0.29, 0.717) is 10.6 Å². The van der Waals surface area contributed by atoms with E-state index in [4.69, 9.17) is 26.8 Å². The van der Waals surface area contributed by atoms with Crippen LogP contribution < -0.4 is 5.73 Å². The molecule has 7 heteroatoms. The number of ether oxygens (including phenoxy) is 2. The zero-order chi connectivity index (χ0) is 17.6. The summed E-state index contributed by atoms with van der Waals surface area (Å²) < 4.78 is 11.5. The molecule has 3 rings (SSSR count). The van der Waals surface area contributed by atoms with Crippen molar-refractivity contribution in [1.29, 1.82) is 10.5 Å². The summed E-state index contributed by atoms with van der Waals surface area (Å²) in [4.78, 5) is 4.28. The van der Waals surface area contributed by atoms with E-state index in [1.165, 1.54) is 0 Å². The fourth-order valence-electron chi connectivity index (χ4n) is 3.93. The second-order valence-electron chi connectivity index (χ2n) is 5.74. The van der Waals surface area contributed by atoms with E-state index in [9.17, 15) is 10.5 Å². The average molecular weight is 345 g/mol. The molecule has 1 saturated carbocycles. The van der Waals surface area contributed by atoms with E-state index < -0.39 is 22.7 Å². The highest BCUT2D eigenvalue weighted by Gasteiger charge is 2.93. The molecule has 0 unspecified atom stereocenters. The SMILES string of the molecule is CCOC1(OCC)N=C(N)[C@@]2(C#N)[C@@H](c3ccccc3Cl)[C@]12C#N. The Labute approximate surface area is 145 Å². The van der Waals surface area contributed by atoms with Gasteiger partial charge in [0.05, 0.1) is 12.1 Å². The summed E-state index contributed by atoms with van der Waals surface area (Å²) in [6.07, 6.45) is 0. The normalized spacial score (nSPS) is 32.4. The number of nitrogens with two attached hydrogens (primary N) is 1. The van der Waals surface area contributed by atoms with Gasteiger partial charge in [-0.3, -0.25) is 0 Å². The summed E-state index contributed by atoms with van der Waals surface area (Å²) in [5.74, 6) is -2.11. The maximum atomic E-state index is 10.1. The minimum Gasteiger partial charge on any atom is -0.386 e. The van der Waals surface area contributed by atoms with Crippen LogP contribution in [0.2, 0.25) is 5.02 Å². The van der Waals surface area contributed by atoms with Crippen molar-refractivity contribution in [2.24, 2.45) is 21.6 Å². The standard InChI is InChI=1S/C17H17ClN4O2/c1-3-23-17(24-4-2)16(10-20)13(11-7-5-6-8-12(11)18)15(16,9-19)14(21)22-17/h5-8,13H,3-4H2,1-2H3,(H2,21,22)/t13-,15-,16+/m1/s1. The topological polar surface area (TPSA) is 104 Å². The Morgan fingerprint density at radius 1 is 1.21 bits per heavy atom.